The lowest BCUT2D eigenvalue weighted by Crippen LogP contribution is -2.19. The molecule has 2 aromatic carbocycles. The SMILES string of the molecule is CCCCOc1cccc(NC(=O)Nc2ccc(-c3ccnc(C)c3)cc2)c1. The molecule has 2 amide bonds. The first-order valence-electron chi connectivity index (χ1n) is 9.48. The van der Waals surface area contributed by atoms with Gasteiger partial charge in [-0.1, -0.05) is 31.5 Å². The van der Waals surface area contributed by atoms with E-state index in [0.717, 1.165) is 41.1 Å². The third-order valence-electron chi connectivity index (χ3n) is 4.23. The minimum Gasteiger partial charge on any atom is -0.494 e. The van der Waals surface area contributed by atoms with Gasteiger partial charge in [0.25, 0.3) is 0 Å². The molecule has 5 heteroatoms. The number of unbranched alkanes of at least 4 members (excludes halogenated alkanes) is 1. The first-order chi connectivity index (χ1) is 13.6. The molecule has 0 unspecified atom stereocenters. The predicted octanol–water partition coefficient (Wildman–Crippen LogP) is 5.88. The normalized spacial score (nSPS) is 10.4. The number of aromatic nitrogens is 1. The Hall–Kier alpha value is -3.34. The quantitative estimate of drug-likeness (QED) is 0.507. The molecule has 0 aliphatic carbocycles. The van der Waals surface area contributed by atoms with Crippen molar-refractivity contribution in [2.75, 3.05) is 17.2 Å². The van der Waals surface area contributed by atoms with Crippen molar-refractivity contribution in [2.45, 2.75) is 26.7 Å². The van der Waals surface area contributed by atoms with E-state index in [4.69, 9.17) is 4.74 Å². The number of rotatable bonds is 7. The highest BCUT2D eigenvalue weighted by atomic mass is 16.5. The number of carbonyl (C=O) groups is 1. The third kappa shape index (κ3) is 5.58. The topological polar surface area (TPSA) is 63.2 Å². The molecule has 0 radical (unpaired) electrons. The van der Waals surface area contributed by atoms with Crippen molar-refractivity contribution in [3.63, 3.8) is 0 Å². The number of urea groups is 1. The fraction of sp³-hybridized carbons (Fsp3) is 0.217. The van der Waals surface area contributed by atoms with E-state index in [0.29, 0.717) is 12.3 Å². The Kier molecular flexibility index (Phi) is 6.63. The standard InChI is InChI=1S/C23H25N3O2/c1-3-4-14-28-22-7-5-6-21(16-22)26-23(27)25-20-10-8-18(9-11-20)19-12-13-24-17(2)15-19/h5-13,15-16H,3-4,14H2,1-2H3,(H2,25,26,27). The average molecular weight is 375 g/mol. The minimum atomic E-state index is -0.293. The Labute approximate surface area is 165 Å². The van der Waals surface area contributed by atoms with Crippen LogP contribution in [0.2, 0.25) is 0 Å². The van der Waals surface area contributed by atoms with Crippen molar-refractivity contribution < 1.29 is 9.53 Å². The highest BCUT2D eigenvalue weighted by Crippen LogP contribution is 2.22. The lowest BCUT2D eigenvalue weighted by atomic mass is 10.1. The predicted molar refractivity (Wildman–Crippen MR) is 114 cm³/mol. The summed E-state index contributed by atoms with van der Waals surface area (Å²) in [5.74, 6) is 0.753. The van der Waals surface area contributed by atoms with Crippen molar-refractivity contribution in [1.82, 2.24) is 4.98 Å². The minimum absolute atomic E-state index is 0.293. The second kappa shape index (κ2) is 9.55. The number of hydrogen-bond acceptors (Lipinski definition) is 3. The molecule has 1 heterocycles. The zero-order valence-electron chi connectivity index (χ0n) is 16.2. The van der Waals surface area contributed by atoms with Crippen LogP contribution < -0.4 is 15.4 Å². The van der Waals surface area contributed by atoms with E-state index in [1.54, 1.807) is 6.20 Å². The van der Waals surface area contributed by atoms with Crippen LogP contribution in [0.1, 0.15) is 25.5 Å². The average Bonchev–Trinajstić information content (AvgIpc) is 2.69. The van der Waals surface area contributed by atoms with Crippen LogP contribution in [0, 0.1) is 6.92 Å². The van der Waals surface area contributed by atoms with Gasteiger partial charge in [-0.3, -0.25) is 4.98 Å². The second-order valence-electron chi connectivity index (χ2n) is 6.57. The fourth-order valence-corrected chi connectivity index (χ4v) is 2.76. The molecular weight excluding hydrogens is 350 g/mol. The van der Waals surface area contributed by atoms with Crippen LogP contribution in [0.4, 0.5) is 16.2 Å². The number of carbonyl (C=O) groups excluding carboxylic acids is 1. The van der Waals surface area contributed by atoms with Gasteiger partial charge >= 0.3 is 6.03 Å². The van der Waals surface area contributed by atoms with Gasteiger partial charge in [0.1, 0.15) is 5.75 Å². The Morgan fingerprint density at radius 2 is 1.75 bits per heavy atom. The summed E-state index contributed by atoms with van der Waals surface area (Å²) in [5, 5.41) is 5.69. The Morgan fingerprint density at radius 1 is 0.964 bits per heavy atom. The summed E-state index contributed by atoms with van der Waals surface area (Å²) < 4.78 is 5.67. The summed E-state index contributed by atoms with van der Waals surface area (Å²) in [6.07, 6.45) is 3.89. The van der Waals surface area contributed by atoms with Crippen molar-refractivity contribution in [2.24, 2.45) is 0 Å². The number of anilines is 2. The van der Waals surface area contributed by atoms with Gasteiger partial charge in [-0.2, -0.15) is 0 Å². The van der Waals surface area contributed by atoms with Gasteiger partial charge in [0, 0.05) is 29.3 Å². The van der Waals surface area contributed by atoms with Gasteiger partial charge in [-0.15, -0.1) is 0 Å². The third-order valence-corrected chi connectivity index (χ3v) is 4.23. The summed E-state index contributed by atoms with van der Waals surface area (Å²) in [6.45, 7) is 4.76. The van der Waals surface area contributed by atoms with Crippen molar-refractivity contribution in [3.05, 3.63) is 72.6 Å². The van der Waals surface area contributed by atoms with E-state index in [2.05, 4.69) is 22.5 Å². The fourth-order valence-electron chi connectivity index (χ4n) is 2.76. The van der Waals surface area contributed by atoms with Crippen LogP contribution in [-0.4, -0.2) is 17.6 Å². The Balaban J connectivity index is 1.58. The summed E-state index contributed by atoms with van der Waals surface area (Å²) in [5.41, 5.74) is 4.56. The van der Waals surface area contributed by atoms with Crippen molar-refractivity contribution in [1.29, 1.82) is 0 Å². The van der Waals surface area contributed by atoms with Gasteiger partial charge in [0.2, 0.25) is 0 Å². The van der Waals surface area contributed by atoms with E-state index in [-0.39, 0.29) is 6.03 Å². The number of amides is 2. The zero-order valence-corrected chi connectivity index (χ0v) is 16.2. The molecule has 2 N–H and O–H groups in total. The maximum Gasteiger partial charge on any atom is 0.323 e. The first kappa shape index (κ1) is 19.4. The number of benzene rings is 2. The number of nitrogens with one attached hydrogen (secondary N) is 2. The molecule has 3 aromatic rings. The van der Waals surface area contributed by atoms with Gasteiger partial charge in [0.15, 0.2) is 0 Å². The number of ether oxygens (including phenoxy) is 1. The van der Waals surface area contributed by atoms with Crippen LogP contribution in [0.5, 0.6) is 5.75 Å². The zero-order chi connectivity index (χ0) is 19.8. The maximum absolute atomic E-state index is 12.3. The second-order valence-corrected chi connectivity index (χ2v) is 6.57. The molecule has 0 saturated heterocycles. The number of nitrogens with zero attached hydrogens (tertiary/aromatic N) is 1. The van der Waals surface area contributed by atoms with Gasteiger partial charge in [-0.05, 0) is 60.9 Å². The molecule has 0 aliphatic rings. The summed E-state index contributed by atoms with van der Waals surface area (Å²) >= 11 is 0. The molecule has 0 saturated carbocycles. The molecule has 5 nitrogen and oxygen atoms in total. The van der Waals surface area contributed by atoms with Crippen LogP contribution in [-0.2, 0) is 0 Å². The molecule has 0 atom stereocenters. The van der Waals surface area contributed by atoms with Gasteiger partial charge in [-0.25, -0.2) is 4.79 Å². The van der Waals surface area contributed by atoms with Crippen LogP contribution in [0.15, 0.2) is 66.9 Å². The van der Waals surface area contributed by atoms with Crippen molar-refractivity contribution >= 4 is 17.4 Å². The smallest absolute Gasteiger partial charge is 0.323 e. The van der Waals surface area contributed by atoms with E-state index in [1.807, 2.05) is 67.6 Å². The molecule has 28 heavy (non-hydrogen) atoms. The van der Waals surface area contributed by atoms with Crippen molar-refractivity contribution in [3.8, 4) is 16.9 Å². The van der Waals surface area contributed by atoms with Gasteiger partial charge < -0.3 is 15.4 Å². The molecule has 0 aliphatic heterocycles. The largest absolute Gasteiger partial charge is 0.494 e. The molecule has 144 valence electrons. The molecule has 0 fully saturated rings. The molecule has 3 rings (SSSR count). The lowest BCUT2D eigenvalue weighted by Gasteiger charge is -2.10. The highest BCUT2D eigenvalue weighted by molar-refractivity contribution is 6.00. The van der Waals surface area contributed by atoms with Crippen LogP contribution >= 0.6 is 0 Å². The summed E-state index contributed by atoms with van der Waals surface area (Å²) in [7, 11) is 0. The number of hydrogen-bond donors (Lipinski definition) is 2. The summed E-state index contributed by atoms with van der Waals surface area (Å²) in [6, 6.07) is 18.8. The molecule has 0 spiro atoms. The molecular formula is C23H25N3O2. The Morgan fingerprint density at radius 3 is 2.50 bits per heavy atom. The number of pyridine rings is 1. The molecule has 1 aromatic heterocycles. The summed E-state index contributed by atoms with van der Waals surface area (Å²) in [4.78, 5) is 16.5. The van der Waals surface area contributed by atoms with E-state index < -0.39 is 0 Å². The van der Waals surface area contributed by atoms with E-state index in [9.17, 15) is 4.79 Å². The Bertz CT molecular complexity index is 923. The van der Waals surface area contributed by atoms with E-state index in [1.165, 1.54) is 0 Å². The van der Waals surface area contributed by atoms with Gasteiger partial charge in [0.05, 0.1) is 6.61 Å². The molecule has 0 bridgehead atoms. The highest BCUT2D eigenvalue weighted by Gasteiger charge is 2.05. The van der Waals surface area contributed by atoms with Crippen LogP contribution in [0.3, 0.4) is 0 Å². The van der Waals surface area contributed by atoms with Crippen LogP contribution in [0.25, 0.3) is 11.1 Å². The monoisotopic (exact) mass is 375 g/mol. The number of aryl methyl sites for hydroxylation is 1. The maximum atomic E-state index is 12.3. The lowest BCUT2D eigenvalue weighted by molar-refractivity contribution is 0.262. The first-order valence-corrected chi connectivity index (χ1v) is 9.48. The van der Waals surface area contributed by atoms with E-state index >= 15 is 0 Å².